The van der Waals surface area contributed by atoms with E-state index in [1.807, 2.05) is 88.0 Å². The van der Waals surface area contributed by atoms with Crippen LogP contribution in [-0.4, -0.2) is 69.4 Å². The van der Waals surface area contributed by atoms with Crippen LogP contribution in [0, 0.1) is 0 Å². The largest absolute Gasteiger partial charge is 0.756 e. The van der Waals surface area contributed by atoms with Crippen LogP contribution in [0.2, 0.25) is 0 Å². The third-order valence-corrected chi connectivity index (χ3v) is 12.9. The van der Waals surface area contributed by atoms with Gasteiger partial charge in [0.05, 0.1) is 33.8 Å². The van der Waals surface area contributed by atoms with E-state index in [-0.39, 0.29) is 25.4 Å². The molecule has 0 heterocycles. The molecule has 0 aliphatic carbocycles. The Morgan fingerprint density at radius 3 is 1.44 bits per heavy atom. The second-order valence-corrected chi connectivity index (χ2v) is 21.6. The Labute approximate surface area is 459 Å². The predicted molar refractivity (Wildman–Crippen MR) is 320 cm³/mol. The van der Waals surface area contributed by atoms with Crippen molar-refractivity contribution in [2.75, 3.05) is 40.9 Å². The summed E-state index contributed by atoms with van der Waals surface area (Å²) < 4.78 is 30.2. The number of amides is 1. The summed E-state index contributed by atoms with van der Waals surface area (Å²) >= 11 is 0. The van der Waals surface area contributed by atoms with Crippen LogP contribution >= 0.6 is 7.82 Å². The minimum absolute atomic E-state index is 0.0458. The van der Waals surface area contributed by atoms with E-state index in [4.69, 9.17) is 13.8 Å². The van der Waals surface area contributed by atoms with Gasteiger partial charge in [-0.05, 0) is 96.0 Å². The number of unbranched alkanes of at least 4 members (excludes halogenated alkanes) is 17. The van der Waals surface area contributed by atoms with Crippen molar-refractivity contribution in [2.45, 2.75) is 213 Å². The molecule has 0 aromatic heterocycles. The first kappa shape index (κ1) is 70.9. The zero-order valence-electron chi connectivity index (χ0n) is 48.2. The van der Waals surface area contributed by atoms with E-state index < -0.39 is 32.5 Å². The number of nitrogens with one attached hydrogen (secondary N) is 1. The van der Waals surface area contributed by atoms with Gasteiger partial charge in [-0.2, -0.15) is 0 Å². The molecule has 0 radical (unpaired) electrons. The topological polar surface area (TPSA) is 114 Å². The third kappa shape index (κ3) is 54.5. The lowest BCUT2D eigenvalue weighted by molar-refractivity contribution is -0.870. The number of hydrogen-bond acceptors (Lipinski definition) is 7. The third-order valence-electron chi connectivity index (χ3n) is 11.9. The second-order valence-electron chi connectivity index (χ2n) is 20.2. The van der Waals surface area contributed by atoms with E-state index >= 15 is 0 Å². The van der Waals surface area contributed by atoms with Crippen LogP contribution in [0.4, 0.5) is 0 Å². The van der Waals surface area contributed by atoms with Crippen LogP contribution in [0.15, 0.2) is 146 Å². The van der Waals surface area contributed by atoms with E-state index in [1.165, 1.54) is 57.8 Å². The molecule has 1 N–H and O–H groups in total. The van der Waals surface area contributed by atoms with Crippen molar-refractivity contribution in [3.63, 3.8) is 0 Å². The molecule has 0 rings (SSSR count). The number of quaternary nitrogens is 1. The number of esters is 1. The summed E-state index contributed by atoms with van der Waals surface area (Å²) in [5.74, 6) is -0.644. The Balaban J connectivity index is 5.52. The number of ether oxygens (including phenoxy) is 1. The van der Waals surface area contributed by atoms with Crippen LogP contribution in [0.3, 0.4) is 0 Å². The second kappa shape index (κ2) is 53.3. The van der Waals surface area contributed by atoms with Gasteiger partial charge in [0.1, 0.15) is 19.3 Å². The maximum atomic E-state index is 13.5. The molecule has 0 saturated heterocycles. The van der Waals surface area contributed by atoms with Crippen molar-refractivity contribution in [3.8, 4) is 0 Å². The molecular formula is C65H107N2O7P. The number of allylic oxidation sites excluding steroid dienone is 23. The van der Waals surface area contributed by atoms with E-state index in [9.17, 15) is 19.0 Å². The van der Waals surface area contributed by atoms with E-state index in [0.717, 1.165) is 96.3 Å². The average molecular weight is 1060 g/mol. The molecule has 0 aromatic rings. The maximum Gasteiger partial charge on any atom is 0.306 e. The number of phosphoric acid groups is 1. The number of phosphoric ester groups is 1. The summed E-state index contributed by atoms with van der Waals surface area (Å²) in [5.41, 5.74) is 0. The molecule has 0 bridgehead atoms. The highest BCUT2D eigenvalue weighted by molar-refractivity contribution is 7.45. The normalized spacial score (nSPS) is 14.8. The van der Waals surface area contributed by atoms with Crippen molar-refractivity contribution in [1.29, 1.82) is 0 Å². The van der Waals surface area contributed by atoms with Crippen LogP contribution in [0.5, 0.6) is 0 Å². The minimum atomic E-state index is -4.73. The molecule has 1 amide bonds. The van der Waals surface area contributed by atoms with Crippen molar-refractivity contribution in [2.24, 2.45) is 0 Å². The molecule has 10 heteroatoms. The van der Waals surface area contributed by atoms with E-state index in [0.29, 0.717) is 23.9 Å². The molecule has 0 saturated carbocycles. The molecule has 0 spiro atoms. The van der Waals surface area contributed by atoms with Crippen LogP contribution in [0.1, 0.15) is 201 Å². The number of likely N-dealkylation sites (N-methyl/N-ethyl adjacent to an activating group) is 1. The number of rotatable bonds is 50. The average Bonchev–Trinajstić information content (AvgIpc) is 3.37. The molecule has 424 valence electrons. The smallest absolute Gasteiger partial charge is 0.306 e. The highest BCUT2D eigenvalue weighted by atomic mass is 31.2. The summed E-state index contributed by atoms with van der Waals surface area (Å²) in [5, 5.41) is 2.99. The number of hydrogen-bond donors (Lipinski definition) is 1. The van der Waals surface area contributed by atoms with E-state index in [1.54, 1.807) is 6.08 Å². The van der Waals surface area contributed by atoms with Gasteiger partial charge in [-0.25, -0.2) is 0 Å². The molecule has 0 aromatic carbocycles. The molecule has 75 heavy (non-hydrogen) atoms. The molecule has 0 fully saturated rings. The van der Waals surface area contributed by atoms with Gasteiger partial charge in [0.25, 0.3) is 7.82 Å². The molecule has 0 aliphatic heterocycles. The highest BCUT2D eigenvalue weighted by Crippen LogP contribution is 2.38. The lowest BCUT2D eigenvalue weighted by Crippen LogP contribution is -2.47. The summed E-state index contributed by atoms with van der Waals surface area (Å²) in [4.78, 5) is 39.9. The summed E-state index contributed by atoms with van der Waals surface area (Å²) in [7, 11) is 1.11. The van der Waals surface area contributed by atoms with Crippen molar-refractivity contribution in [1.82, 2.24) is 5.32 Å². The van der Waals surface area contributed by atoms with Crippen molar-refractivity contribution in [3.05, 3.63) is 146 Å². The fourth-order valence-corrected chi connectivity index (χ4v) is 8.18. The molecule has 0 aliphatic rings. The van der Waals surface area contributed by atoms with Gasteiger partial charge in [-0.3, -0.25) is 14.2 Å². The molecule has 9 nitrogen and oxygen atoms in total. The number of carbonyl (C=O) groups excluding carboxylic acids is 2. The predicted octanol–water partition coefficient (Wildman–Crippen LogP) is 17.2. The Morgan fingerprint density at radius 1 is 0.493 bits per heavy atom. The standard InChI is InChI=1S/C65H107N2O7P/c1-7-10-13-16-19-22-25-28-30-32-33-35-36-39-42-45-48-51-54-57-64(68)66-62(61-73-75(70,71)72-60-59-67(4,5)6)63(56-53-50-47-44-41-38-27-24-21-18-15-12-9-3)74-65(69)58-55-52-49-46-43-40-37-34-31-29-26-23-20-17-14-11-8-2/h10-11,13-14,17,19-20,22-23,26,28-31,33-35,37,39-40,42-43,53,56,62-63H,7-9,12,15-16,18,21,24-25,27,32,36,38,41,44-52,54-55,57-61H2,1-6H3,(H-,66,68,70,71)/b13-10-,14-11-,20-17+,22-19-,26-23+,30-28-,31-29-,35-33-,37-34+,42-39-,43-40+,56-53+. The summed E-state index contributed by atoms with van der Waals surface area (Å²) in [6, 6.07) is -0.936. The molecular weight excluding hydrogens is 952 g/mol. The van der Waals surface area contributed by atoms with Gasteiger partial charge in [0, 0.05) is 12.8 Å². The number of carbonyl (C=O) groups is 2. The van der Waals surface area contributed by atoms with Crippen molar-refractivity contribution >= 4 is 19.7 Å². The summed E-state index contributed by atoms with van der Waals surface area (Å²) in [6.07, 6.45) is 76.7. The van der Waals surface area contributed by atoms with Crippen LogP contribution in [0.25, 0.3) is 0 Å². The highest BCUT2D eigenvalue weighted by Gasteiger charge is 2.27. The first-order chi connectivity index (χ1) is 36.4. The Morgan fingerprint density at radius 2 is 0.920 bits per heavy atom. The lowest BCUT2D eigenvalue weighted by Gasteiger charge is -2.30. The monoisotopic (exact) mass is 1060 g/mol. The SMILES string of the molecule is CC\C=C/C=C/C=C/C=C\C=C\C=C\CCCCCC(=O)OC(/C=C/CCCCCCCCCCCCC)C(COP(=O)([O-])OCC[N+](C)(C)C)NC(=O)CCCCC/C=C\C/C=C\C/C=C\C/C=C\C/C=C\CC. The Hall–Kier alpha value is -4.11. The number of nitrogens with zero attached hydrogens (tertiary/aromatic N) is 1. The van der Waals surface area contributed by atoms with Crippen LogP contribution < -0.4 is 10.2 Å². The first-order valence-electron chi connectivity index (χ1n) is 29.2. The quantitative estimate of drug-likeness (QED) is 0.0161. The van der Waals surface area contributed by atoms with Gasteiger partial charge in [-0.1, -0.05) is 238 Å². The lowest BCUT2D eigenvalue weighted by atomic mass is 10.0. The fourth-order valence-electron chi connectivity index (χ4n) is 7.46. The van der Waals surface area contributed by atoms with Crippen LogP contribution in [-0.2, 0) is 27.9 Å². The van der Waals surface area contributed by atoms with Gasteiger partial charge >= 0.3 is 5.97 Å². The van der Waals surface area contributed by atoms with Gasteiger partial charge in [0.15, 0.2) is 0 Å². The van der Waals surface area contributed by atoms with Crippen molar-refractivity contribution < 1.29 is 37.3 Å². The molecule has 3 atom stereocenters. The summed E-state index contributed by atoms with van der Waals surface area (Å²) in [6.45, 7) is 6.49. The Bertz CT molecular complexity index is 1790. The Kier molecular flexibility index (Phi) is 50.4. The zero-order chi connectivity index (χ0) is 55.0. The zero-order valence-corrected chi connectivity index (χ0v) is 49.1. The van der Waals surface area contributed by atoms with E-state index in [2.05, 4.69) is 99.0 Å². The minimum Gasteiger partial charge on any atom is -0.756 e. The maximum absolute atomic E-state index is 13.5. The van der Waals surface area contributed by atoms with Gasteiger partial charge < -0.3 is 28.5 Å². The van der Waals surface area contributed by atoms with Gasteiger partial charge in [0.2, 0.25) is 5.91 Å². The fraction of sp³-hybridized carbons (Fsp3) is 0.600. The van der Waals surface area contributed by atoms with Gasteiger partial charge in [-0.15, -0.1) is 0 Å². The molecule has 3 unspecified atom stereocenters. The first-order valence-corrected chi connectivity index (χ1v) is 30.7.